The van der Waals surface area contributed by atoms with Crippen molar-refractivity contribution in [2.75, 3.05) is 17.7 Å². The molecule has 41 heavy (non-hydrogen) atoms. The summed E-state index contributed by atoms with van der Waals surface area (Å²) < 4.78 is 10.7. The molecule has 0 bridgehead atoms. The molecule has 0 spiro atoms. The number of nitrogens with zero attached hydrogens (tertiary/aromatic N) is 3. The van der Waals surface area contributed by atoms with Crippen LogP contribution in [0.2, 0.25) is 0 Å². The molecule has 1 saturated heterocycles. The Balaban J connectivity index is 1.25. The zero-order chi connectivity index (χ0) is 29.5. The number of hydrogen-bond donors (Lipinski definition) is 6. The molecule has 1 fully saturated rings. The molecular weight excluding hydrogens is 538 g/mol. The standard InChI is InChI=1S/C26H31N7O8/c1-2-16-9-18(34)19(41-16)12-40-20(35)8-7-17(25(38)39)31-23(36)13-3-5-14(6-4-13)28-10-15-11-29-22-21(30-15)24(37)33-26(27)32-22/h3-6,11,16-19,28,34H,2,7-10,12H2,1H3,(H,31,36)(H,38,39)(H3,27,29,32,33,37). The molecular formula is C26H31N7O8. The van der Waals surface area contributed by atoms with Gasteiger partial charge in [-0.25, -0.2) is 14.8 Å². The summed E-state index contributed by atoms with van der Waals surface area (Å²) in [7, 11) is 0. The number of aromatic amines is 1. The van der Waals surface area contributed by atoms with Crippen molar-refractivity contribution in [1.29, 1.82) is 0 Å². The van der Waals surface area contributed by atoms with Gasteiger partial charge in [-0.15, -0.1) is 0 Å². The van der Waals surface area contributed by atoms with Gasteiger partial charge in [0.05, 0.1) is 30.6 Å². The number of hydrogen-bond acceptors (Lipinski definition) is 12. The number of fused-ring (bicyclic) bond motifs is 1. The summed E-state index contributed by atoms with van der Waals surface area (Å²) in [6.45, 7) is 2.03. The van der Waals surface area contributed by atoms with Gasteiger partial charge in [-0.1, -0.05) is 6.92 Å². The van der Waals surface area contributed by atoms with Crippen LogP contribution in [0.4, 0.5) is 11.6 Å². The van der Waals surface area contributed by atoms with E-state index in [0.717, 1.165) is 6.42 Å². The zero-order valence-corrected chi connectivity index (χ0v) is 22.2. The van der Waals surface area contributed by atoms with Crippen LogP contribution in [0.1, 0.15) is 48.7 Å². The molecule has 4 atom stereocenters. The van der Waals surface area contributed by atoms with Gasteiger partial charge in [-0.2, -0.15) is 4.98 Å². The molecule has 15 heteroatoms. The fourth-order valence-electron chi connectivity index (χ4n) is 4.22. The predicted molar refractivity (Wildman–Crippen MR) is 145 cm³/mol. The lowest BCUT2D eigenvalue weighted by molar-refractivity contribution is -0.149. The van der Waals surface area contributed by atoms with Crippen LogP contribution in [0.15, 0.2) is 35.3 Å². The third kappa shape index (κ3) is 7.73. The molecule has 1 amide bonds. The summed E-state index contributed by atoms with van der Waals surface area (Å²) in [5, 5.41) is 25.0. The Labute approximate surface area is 233 Å². The van der Waals surface area contributed by atoms with Crippen molar-refractivity contribution < 1.29 is 34.1 Å². The van der Waals surface area contributed by atoms with Gasteiger partial charge in [-0.05, 0) is 37.1 Å². The second-order valence-electron chi connectivity index (χ2n) is 9.51. The average molecular weight is 570 g/mol. The van der Waals surface area contributed by atoms with Crippen molar-refractivity contribution in [1.82, 2.24) is 25.3 Å². The number of carboxylic acids is 1. The Kier molecular flexibility index (Phi) is 9.41. The van der Waals surface area contributed by atoms with E-state index in [1.807, 2.05) is 6.92 Å². The van der Waals surface area contributed by atoms with Crippen molar-refractivity contribution in [2.45, 2.75) is 63.5 Å². The van der Waals surface area contributed by atoms with Crippen molar-refractivity contribution in [3.63, 3.8) is 0 Å². The van der Waals surface area contributed by atoms with Gasteiger partial charge in [0.15, 0.2) is 11.2 Å². The molecule has 0 saturated carbocycles. The maximum Gasteiger partial charge on any atom is 0.326 e. The summed E-state index contributed by atoms with van der Waals surface area (Å²) in [6, 6.07) is 4.93. The van der Waals surface area contributed by atoms with Crippen molar-refractivity contribution in [3.8, 4) is 0 Å². The van der Waals surface area contributed by atoms with Crippen LogP contribution < -0.4 is 21.9 Å². The van der Waals surface area contributed by atoms with Gasteiger partial charge in [-0.3, -0.25) is 19.4 Å². The molecule has 1 aromatic carbocycles. The van der Waals surface area contributed by atoms with Crippen molar-refractivity contribution in [3.05, 3.63) is 52.1 Å². The first-order valence-corrected chi connectivity index (χ1v) is 13.0. The van der Waals surface area contributed by atoms with Gasteiger partial charge in [0.2, 0.25) is 5.95 Å². The highest BCUT2D eigenvalue weighted by atomic mass is 16.6. The van der Waals surface area contributed by atoms with E-state index in [9.17, 15) is 29.4 Å². The minimum atomic E-state index is -1.31. The van der Waals surface area contributed by atoms with Crippen LogP contribution in [-0.2, 0) is 25.6 Å². The fraction of sp³-hybridized carbons (Fsp3) is 0.423. The largest absolute Gasteiger partial charge is 0.480 e. The molecule has 1 aliphatic rings. The van der Waals surface area contributed by atoms with E-state index in [4.69, 9.17) is 15.2 Å². The SMILES string of the molecule is CCC1CC(O)C(COC(=O)CCC(NC(=O)c2ccc(NCc3cnc4nc(N)[nH]c(=O)c4n3)cc2)C(=O)O)O1. The lowest BCUT2D eigenvalue weighted by Gasteiger charge is -2.16. The normalized spacial score (nSPS) is 19.0. The maximum absolute atomic E-state index is 12.6. The van der Waals surface area contributed by atoms with Gasteiger partial charge in [0.25, 0.3) is 11.5 Å². The van der Waals surface area contributed by atoms with Gasteiger partial charge >= 0.3 is 11.9 Å². The molecule has 2 aromatic heterocycles. The smallest absolute Gasteiger partial charge is 0.326 e. The third-order valence-electron chi connectivity index (χ3n) is 6.51. The molecule has 7 N–H and O–H groups in total. The number of carboxylic acid groups (broad SMARTS) is 1. The molecule has 0 aliphatic carbocycles. The van der Waals surface area contributed by atoms with Crippen LogP contribution >= 0.6 is 0 Å². The number of aliphatic hydroxyl groups excluding tert-OH is 1. The number of nitrogens with two attached hydrogens (primary N) is 1. The van der Waals surface area contributed by atoms with E-state index in [1.165, 1.54) is 18.3 Å². The molecule has 3 heterocycles. The number of nitrogens with one attached hydrogen (secondary N) is 3. The Morgan fingerprint density at radius 2 is 2.00 bits per heavy atom. The Morgan fingerprint density at radius 1 is 1.24 bits per heavy atom. The number of esters is 1. The summed E-state index contributed by atoms with van der Waals surface area (Å²) in [4.78, 5) is 63.1. The third-order valence-corrected chi connectivity index (χ3v) is 6.51. The number of anilines is 2. The summed E-state index contributed by atoms with van der Waals surface area (Å²) >= 11 is 0. The quantitative estimate of drug-likeness (QED) is 0.162. The lowest BCUT2D eigenvalue weighted by atomic mass is 10.1. The Bertz CT molecular complexity index is 1460. The number of benzene rings is 1. The van der Waals surface area contributed by atoms with Gasteiger partial charge in [0, 0.05) is 24.1 Å². The van der Waals surface area contributed by atoms with E-state index in [-0.39, 0.29) is 54.8 Å². The van der Waals surface area contributed by atoms with E-state index in [2.05, 4.69) is 30.6 Å². The number of ether oxygens (including phenoxy) is 2. The van der Waals surface area contributed by atoms with Crippen molar-refractivity contribution >= 4 is 40.6 Å². The van der Waals surface area contributed by atoms with Crippen LogP contribution in [0.25, 0.3) is 11.2 Å². The highest BCUT2D eigenvalue weighted by molar-refractivity contribution is 5.97. The number of aromatic nitrogens is 4. The van der Waals surface area contributed by atoms with E-state index in [1.54, 1.807) is 12.1 Å². The second-order valence-corrected chi connectivity index (χ2v) is 9.51. The van der Waals surface area contributed by atoms with E-state index in [0.29, 0.717) is 17.8 Å². The van der Waals surface area contributed by atoms with Gasteiger partial charge < -0.3 is 36.1 Å². The highest BCUT2D eigenvalue weighted by Gasteiger charge is 2.33. The first-order valence-electron chi connectivity index (χ1n) is 13.0. The van der Waals surface area contributed by atoms with Crippen LogP contribution in [0.3, 0.4) is 0 Å². The maximum atomic E-state index is 12.6. The zero-order valence-electron chi connectivity index (χ0n) is 22.2. The number of rotatable bonds is 12. The number of aliphatic carboxylic acids is 1. The van der Waals surface area contributed by atoms with Gasteiger partial charge in [0.1, 0.15) is 18.8 Å². The molecule has 4 rings (SSSR count). The Morgan fingerprint density at radius 3 is 2.68 bits per heavy atom. The number of carbonyl (C=O) groups is 3. The van der Waals surface area contributed by atoms with E-state index < -0.39 is 41.7 Å². The number of aliphatic hydroxyl groups is 1. The molecule has 3 aromatic rings. The molecule has 0 radical (unpaired) electrons. The van der Waals surface area contributed by atoms with Crippen LogP contribution in [0.5, 0.6) is 0 Å². The molecule has 15 nitrogen and oxygen atoms in total. The summed E-state index contributed by atoms with van der Waals surface area (Å²) in [5.74, 6) is -2.63. The minimum Gasteiger partial charge on any atom is -0.480 e. The number of nitrogen functional groups attached to an aromatic ring is 1. The van der Waals surface area contributed by atoms with Crippen molar-refractivity contribution in [2.24, 2.45) is 0 Å². The summed E-state index contributed by atoms with van der Waals surface area (Å²) in [6.07, 6.45) is 0.816. The summed E-state index contributed by atoms with van der Waals surface area (Å²) in [5.41, 5.74) is 6.50. The lowest BCUT2D eigenvalue weighted by Crippen LogP contribution is -2.41. The number of amides is 1. The fourth-order valence-corrected chi connectivity index (χ4v) is 4.22. The highest BCUT2D eigenvalue weighted by Crippen LogP contribution is 2.23. The van der Waals surface area contributed by atoms with Crippen LogP contribution in [0, 0.1) is 0 Å². The number of H-pyrrole nitrogens is 1. The second kappa shape index (κ2) is 13.1. The molecule has 4 unspecified atom stereocenters. The first kappa shape index (κ1) is 29.4. The Hall–Kier alpha value is -4.63. The monoisotopic (exact) mass is 569 g/mol. The molecule has 218 valence electrons. The minimum absolute atomic E-state index is 0.0542. The number of carbonyl (C=O) groups excluding carboxylic acids is 2. The first-order chi connectivity index (χ1) is 19.6. The van der Waals surface area contributed by atoms with E-state index >= 15 is 0 Å². The van der Waals surface area contributed by atoms with Crippen LogP contribution in [-0.4, -0.2) is 79.0 Å². The average Bonchev–Trinajstić information content (AvgIpc) is 3.32. The molecule has 1 aliphatic heterocycles. The predicted octanol–water partition coefficient (Wildman–Crippen LogP) is 0.342. The topological polar surface area (TPSA) is 232 Å².